The summed E-state index contributed by atoms with van der Waals surface area (Å²) in [7, 11) is 0. The fraction of sp³-hybridized carbons (Fsp3) is 0.0667. The van der Waals surface area contributed by atoms with Gasteiger partial charge in [0.15, 0.2) is 6.61 Å². The van der Waals surface area contributed by atoms with Crippen molar-refractivity contribution in [3.8, 4) is 0 Å². The third-order valence-corrected chi connectivity index (χ3v) is 3.32. The maximum atomic E-state index is 13.5. The van der Waals surface area contributed by atoms with Crippen molar-refractivity contribution in [3.05, 3.63) is 68.4 Å². The van der Waals surface area contributed by atoms with Crippen LogP contribution in [0.1, 0.15) is 10.4 Å². The fourth-order valence-corrected chi connectivity index (χ4v) is 2.12. The number of carbonyl (C=O) groups excluding carboxylic acids is 2. The zero-order valence-electron chi connectivity index (χ0n) is 12.0. The molecule has 0 aromatic heterocycles. The van der Waals surface area contributed by atoms with Crippen molar-refractivity contribution in [3.63, 3.8) is 0 Å². The van der Waals surface area contributed by atoms with Crippen LogP contribution < -0.4 is 5.32 Å². The monoisotopic (exact) mass is 396 g/mol. The Labute approximate surface area is 143 Å². The van der Waals surface area contributed by atoms with Gasteiger partial charge in [-0.1, -0.05) is 22.0 Å². The number of nitro groups is 1. The molecule has 0 unspecified atom stereocenters. The van der Waals surface area contributed by atoms with Crippen molar-refractivity contribution >= 4 is 39.2 Å². The first-order valence-corrected chi connectivity index (χ1v) is 7.32. The average Bonchev–Trinajstić information content (AvgIpc) is 2.55. The van der Waals surface area contributed by atoms with Crippen LogP contribution in [0.25, 0.3) is 0 Å². The largest absolute Gasteiger partial charge is 0.452 e. The first-order valence-electron chi connectivity index (χ1n) is 6.53. The molecular formula is C15H10BrFN2O5. The topological polar surface area (TPSA) is 98.5 Å². The fourth-order valence-electron chi connectivity index (χ4n) is 1.76. The molecule has 0 aliphatic heterocycles. The summed E-state index contributed by atoms with van der Waals surface area (Å²) in [4.78, 5) is 33.5. The third-order valence-electron chi connectivity index (χ3n) is 2.82. The second-order valence-electron chi connectivity index (χ2n) is 4.56. The lowest BCUT2D eigenvalue weighted by atomic mass is 10.2. The normalized spacial score (nSPS) is 10.1. The second-order valence-corrected chi connectivity index (χ2v) is 5.47. The maximum Gasteiger partial charge on any atom is 0.341 e. The van der Waals surface area contributed by atoms with E-state index >= 15 is 0 Å². The number of nitrogens with one attached hydrogen (secondary N) is 1. The van der Waals surface area contributed by atoms with Gasteiger partial charge >= 0.3 is 5.97 Å². The van der Waals surface area contributed by atoms with Crippen LogP contribution in [-0.4, -0.2) is 23.4 Å². The standard InChI is InChI=1S/C15H10BrFN2O5/c16-9-4-5-13(17)12(6-9)15(21)24-8-14(20)18-10-2-1-3-11(7-10)19(22)23/h1-7H,8H2,(H,18,20). The summed E-state index contributed by atoms with van der Waals surface area (Å²) < 4.78 is 18.7. The van der Waals surface area contributed by atoms with Crippen LogP contribution >= 0.6 is 15.9 Å². The van der Waals surface area contributed by atoms with Gasteiger partial charge in [-0.15, -0.1) is 0 Å². The zero-order chi connectivity index (χ0) is 17.7. The van der Waals surface area contributed by atoms with Gasteiger partial charge in [0.05, 0.1) is 10.5 Å². The van der Waals surface area contributed by atoms with Gasteiger partial charge in [0.25, 0.3) is 11.6 Å². The number of halogens is 2. The number of non-ortho nitro benzene ring substituents is 1. The summed E-state index contributed by atoms with van der Waals surface area (Å²) in [6.07, 6.45) is 0. The number of benzene rings is 2. The van der Waals surface area contributed by atoms with Crippen LogP contribution in [0.4, 0.5) is 15.8 Å². The molecule has 0 atom stereocenters. The van der Waals surface area contributed by atoms with Gasteiger partial charge in [-0.05, 0) is 24.3 Å². The number of ether oxygens (including phenoxy) is 1. The molecule has 0 bridgehead atoms. The molecular weight excluding hydrogens is 387 g/mol. The molecule has 2 aromatic rings. The molecule has 24 heavy (non-hydrogen) atoms. The first kappa shape index (κ1) is 17.5. The van der Waals surface area contributed by atoms with E-state index in [1.54, 1.807) is 0 Å². The van der Waals surface area contributed by atoms with Crippen molar-refractivity contribution < 1.29 is 23.6 Å². The van der Waals surface area contributed by atoms with Crippen molar-refractivity contribution in [2.45, 2.75) is 0 Å². The average molecular weight is 397 g/mol. The Morgan fingerprint density at radius 2 is 2.00 bits per heavy atom. The zero-order valence-corrected chi connectivity index (χ0v) is 13.6. The van der Waals surface area contributed by atoms with Gasteiger partial charge in [0.2, 0.25) is 0 Å². The summed E-state index contributed by atoms with van der Waals surface area (Å²) in [6.45, 7) is -0.659. The van der Waals surface area contributed by atoms with Crippen LogP contribution in [0.15, 0.2) is 46.9 Å². The lowest BCUT2D eigenvalue weighted by Crippen LogP contribution is -2.21. The van der Waals surface area contributed by atoms with Crippen molar-refractivity contribution in [1.82, 2.24) is 0 Å². The third kappa shape index (κ3) is 4.59. The lowest BCUT2D eigenvalue weighted by molar-refractivity contribution is -0.384. The highest BCUT2D eigenvalue weighted by Gasteiger charge is 2.16. The molecule has 2 rings (SSSR count). The molecule has 0 saturated heterocycles. The van der Waals surface area contributed by atoms with Crippen molar-refractivity contribution in [1.29, 1.82) is 0 Å². The molecule has 0 saturated carbocycles. The van der Waals surface area contributed by atoms with Gasteiger partial charge in [-0.3, -0.25) is 14.9 Å². The van der Waals surface area contributed by atoms with E-state index in [-0.39, 0.29) is 16.9 Å². The molecule has 0 aliphatic rings. The molecule has 0 heterocycles. The van der Waals surface area contributed by atoms with Gasteiger partial charge in [-0.2, -0.15) is 0 Å². The minimum Gasteiger partial charge on any atom is -0.452 e. The number of anilines is 1. The number of nitro benzene ring substituents is 1. The molecule has 9 heteroatoms. The van der Waals surface area contributed by atoms with Crippen LogP contribution in [0, 0.1) is 15.9 Å². The smallest absolute Gasteiger partial charge is 0.341 e. The Morgan fingerprint density at radius 1 is 1.25 bits per heavy atom. The van der Waals surface area contributed by atoms with E-state index in [0.717, 1.165) is 12.1 Å². The molecule has 1 N–H and O–H groups in total. The highest BCUT2D eigenvalue weighted by Crippen LogP contribution is 2.18. The van der Waals surface area contributed by atoms with E-state index in [1.165, 1.54) is 30.3 Å². The number of hydrogen-bond acceptors (Lipinski definition) is 5. The number of nitrogens with zero attached hydrogens (tertiary/aromatic N) is 1. The first-order chi connectivity index (χ1) is 11.4. The Hall–Kier alpha value is -2.81. The predicted octanol–water partition coefficient (Wildman–Crippen LogP) is 3.29. The van der Waals surface area contributed by atoms with Gasteiger partial charge in [0, 0.05) is 22.3 Å². The Morgan fingerprint density at radius 3 is 2.71 bits per heavy atom. The number of carbonyl (C=O) groups is 2. The SMILES string of the molecule is O=C(COC(=O)c1cc(Br)ccc1F)Nc1cccc([N+](=O)[O-])c1. The Kier molecular flexibility index (Phi) is 5.59. The minimum absolute atomic E-state index is 0.180. The second kappa shape index (κ2) is 7.64. The predicted molar refractivity (Wildman–Crippen MR) is 86.1 cm³/mol. The molecule has 2 aromatic carbocycles. The van der Waals surface area contributed by atoms with E-state index in [0.29, 0.717) is 4.47 Å². The van der Waals surface area contributed by atoms with Gasteiger partial charge in [-0.25, -0.2) is 9.18 Å². The molecule has 0 aliphatic carbocycles. The van der Waals surface area contributed by atoms with Crippen LogP contribution in [0.2, 0.25) is 0 Å². The van der Waals surface area contributed by atoms with Gasteiger partial charge in [0.1, 0.15) is 5.82 Å². The van der Waals surface area contributed by atoms with Crippen LogP contribution in [0.3, 0.4) is 0 Å². The Bertz CT molecular complexity index is 812. The number of rotatable bonds is 5. The van der Waals surface area contributed by atoms with Gasteiger partial charge < -0.3 is 10.1 Å². The van der Waals surface area contributed by atoms with Crippen molar-refractivity contribution in [2.75, 3.05) is 11.9 Å². The molecule has 7 nitrogen and oxygen atoms in total. The summed E-state index contributed by atoms with van der Waals surface area (Å²) >= 11 is 3.10. The highest BCUT2D eigenvalue weighted by atomic mass is 79.9. The lowest BCUT2D eigenvalue weighted by Gasteiger charge is -2.07. The summed E-state index contributed by atoms with van der Waals surface area (Å²) in [6, 6.07) is 9.01. The maximum absolute atomic E-state index is 13.5. The number of amides is 1. The molecule has 0 radical (unpaired) electrons. The van der Waals surface area contributed by atoms with Crippen LogP contribution in [-0.2, 0) is 9.53 Å². The molecule has 124 valence electrons. The van der Waals surface area contributed by atoms with Crippen LogP contribution in [0.5, 0.6) is 0 Å². The van der Waals surface area contributed by atoms with E-state index in [2.05, 4.69) is 21.2 Å². The summed E-state index contributed by atoms with van der Waals surface area (Å²) in [5.74, 6) is -2.48. The van der Waals surface area contributed by atoms with E-state index in [4.69, 9.17) is 4.74 Å². The number of hydrogen-bond donors (Lipinski definition) is 1. The minimum atomic E-state index is -0.997. The molecule has 0 spiro atoms. The van der Waals surface area contributed by atoms with E-state index in [9.17, 15) is 24.1 Å². The summed E-state index contributed by atoms with van der Waals surface area (Å²) in [5.41, 5.74) is -0.326. The molecule has 1 amide bonds. The molecule has 0 fully saturated rings. The van der Waals surface area contributed by atoms with E-state index in [1.807, 2.05) is 0 Å². The Balaban J connectivity index is 1.96. The van der Waals surface area contributed by atoms with Crippen molar-refractivity contribution in [2.24, 2.45) is 0 Å². The quantitative estimate of drug-likeness (QED) is 0.474. The highest BCUT2D eigenvalue weighted by molar-refractivity contribution is 9.10. The van der Waals surface area contributed by atoms with E-state index < -0.39 is 29.2 Å². The number of esters is 1. The summed E-state index contributed by atoms with van der Waals surface area (Å²) in [5, 5.41) is 13.0.